The fraction of sp³-hybridized carbons (Fsp3) is 0.909. The first kappa shape index (κ1) is 10.9. The second-order valence-corrected chi connectivity index (χ2v) is 4.72. The maximum Gasteiger partial charge on any atom is 0.322 e. The van der Waals surface area contributed by atoms with Crippen LogP contribution in [0.25, 0.3) is 0 Å². The third-order valence-corrected chi connectivity index (χ3v) is 3.73. The molecule has 2 rings (SSSR count). The molecule has 2 heterocycles. The van der Waals surface area contributed by atoms with E-state index in [9.17, 15) is 9.90 Å². The van der Waals surface area contributed by atoms with Crippen LogP contribution in [0.4, 0.5) is 0 Å². The third-order valence-electron chi connectivity index (χ3n) is 3.73. The molecule has 1 N–H and O–H groups in total. The average molecular weight is 212 g/mol. The van der Waals surface area contributed by atoms with Gasteiger partial charge in [-0.25, -0.2) is 0 Å². The van der Waals surface area contributed by atoms with Gasteiger partial charge in [-0.15, -0.1) is 0 Å². The van der Waals surface area contributed by atoms with Gasteiger partial charge in [-0.3, -0.25) is 9.69 Å². The standard InChI is InChI=1S/C11H20N2O2/c1-12-6-3-2-5-9(12)10(11(14)15)13-7-4-8-13/h9-10H,2-8H2,1H3,(H,14,15). The molecule has 0 saturated carbocycles. The zero-order valence-electron chi connectivity index (χ0n) is 9.35. The molecule has 2 aliphatic rings. The summed E-state index contributed by atoms with van der Waals surface area (Å²) >= 11 is 0. The number of carboxylic acids is 1. The van der Waals surface area contributed by atoms with Gasteiger partial charge in [-0.1, -0.05) is 6.42 Å². The average Bonchev–Trinajstić information content (AvgIpc) is 2.12. The molecule has 0 aromatic heterocycles. The maximum absolute atomic E-state index is 11.3. The number of piperidine rings is 1. The van der Waals surface area contributed by atoms with Crippen LogP contribution < -0.4 is 0 Å². The number of likely N-dealkylation sites (tertiary alicyclic amines) is 2. The van der Waals surface area contributed by atoms with E-state index in [-0.39, 0.29) is 12.1 Å². The Balaban J connectivity index is 2.04. The van der Waals surface area contributed by atoms with E-state index in [0.29, 0.717) is 0 Å². The summed E-state index contributed by atoms with van der Waals surface area (Å²) in [5.74, 6) is -0.645. The smallest absolute Gasteiger partial charge is 0.322 e. The van der Waals surface area contributed by atoms with Crippen molar-refractivity contribution in [2.24, 2.45) is 0 Å². The van der Waals surface area contributed by atoms with Crippen molar-refractivity contribution < 1.29 is 9.90 Å². The lowest BCUT2D eigenvalue weighted by molar-refractivity contribution is -0.148. The first-order valence-electron chi connectivity index (χ1n) is 5.87. The van der Waals surface area contributed by atoms with Crippen LogP contribution in [0.1, 0.15) is 25.7 Å². The molecule has 2 aliphatic heterocycles. The Kier molecular flexibility index (Phi) is 3.26. The number of likely N-dealkylation sites (N-methyl/N-ethyl adjacent to an activating group) is 1. The Labute approximate surface area is 90.9 Å². The fourth-order valence-electron chi connectivity index (χ4n) is 2.68. The summed E-state index contributed by atoms with van der Waals surface area (Å²) in [4.78, 5) is 15.6. The Morgan fingerprint density at radius 1 is 1.27 bits per heavy atom. The molecule has 0 spiro atoms. The highest BCUT2D eigenvalue weighted by atomic mass is 16.4. The van der Waals surface area contributed by atoms with Gasteiger partial charge in [0, 0.05) is 19.1 Å². The number of carbonyl (C=O) groups is 1. The number of rotatable bonds is 3. The molecule has 2 unspecified atom stereocenters. The Morgan fingerprint density at radius 2 is 2.00 bits per heavy atom. The van der Waals surface area contributed by atoms with Crippen LogP contribution in [0.5, 0.6) is 0 Å². The van der Waals surface area contributed by atoms with Gasteiger partial charge in [0.2, 0.25) is 0 Å². The van der Waals surface area contributed by atoms with Crippen LogP contribution in [0.2, 0.25) is 0 Å². The number of hydrogen-bond acceptors (Lipinski definition) is 3. The van der Waals surface area contributed by atoms with E-state index in [1.54, 1.807) is 0 Å². The molecule has 2 saturated heterocycles. The largest absolute Gasteiger partial charge is 0.480 e. The van der Waals surface area contributed by atoms with E-state index in [1.807, 2.05) is 0 Å². The van der Waals surface area contributed by atoms with E-state index < -0.39 is 5.97 Å². The second kappa shape index (κ2) is 4.49. The Morgan fingerprint density at radius 3 is 2.47 bits per heavy atom. The van der Waals surface area contributed by atoms with Crippen LogP contribution in [0.3, 0.4) is 0 Å². The number of hydrogen-bond donors (Lipinski definition) is 1. The number of nitrogens with zero attached hydrogens (tertiary/aromatic N) is 2. The van der Waals surface area contributed by atoms with Crippen LogP contribution in [-0.4, -0.2) is 59.6 Å². The normalized spacial score (nSPS) is 30.9. The predicted molar refractivity (Wildman–Crippen MR) is 57.9 cm³/mol. The predicted octanol–water partition coefficient (Wildman–Crippen LogP) is 0.630. The summed E-state index contributed by atoms with van der Waals surface area (Å²) in [5, 5.41) is 9.31. The van der Waals surface area contributed by atoms with Crippen molar-refractivity contribution in [3.8, 4) is 0 Å². The molecule has 2 atom stereocenters. The zero-order chi connectivity index (χ0) is 10.8. The summed E-state index contributed by atoms with van der Waals surface area (Å²) in [6, 6.07) is -0.0550. The van der Waals surface area contributed by atoms with Crippen LogP contribution in [0, 0.1) is 0 Å². The summed E-state index contributed by atoms with van der Waals surface area (Å²) in [6.45, 7) is 2.96. The molecule has 0 aliphatic carbocycles. The first-order chi connectivity index (χ1) is 7.20. The number of aliphatic carboxylic acids is 1. The molecule has 0 radical (unpaired) electrons. The van der Waals surface area contributed by atoms with Crippen molar-refractivity contribution in [1.82, 2.24) is 9.80 Å². The van der Waals surface area contributed by atoms with Gasteiger partial charge < -0.3 is 10.0 Å². The minimum atomic E-state index is -0.645. The summed E-state index contributed by atoms with van der Waals surface area (Å²) in [6.07, 6.45) is 4.57. The van der Waals surface area contributed by atoms with Gasteiger partial charge in [0.25, 0.3) is 0 Å². The highest BCUT2D eigenvalue weighted by Gasteiger charge is 2.38. The van der Waals surface area contributed by atoms with E-state index in [1.165, 1.54) is 12.8 Å². The summed E-state index contributed by atoms with van der Waals surface area (Å²) in [7, 11) is 2.06. The zero-order valence-corrected chi connectivity index (χ0v) is 9.35. The van der Waals surface area contributed by atoms with Gasteiger partial charge in [0.05, 0.1) is 0 Å². The minimum Gasteiger partial charge on any atom is -0.480 e. The second-order valence-electron chi connectivity index (χ2n) is 4.72. The lowest BCUT2D eigenvalue weighted by Crippen LogP contribution is -2.59. The molecule has 15 heavy (non-hydrogen) atoms. The van der Waals surface area contributed by atoms with Crippen molar-refractivity contribution in [2.45, 2.75) is 37.8 Å². The van der Waals surface area contributed by atoms with Crippen LogP contribution >= 0.6 is 0 Å². The Hall–Kier alpha value is -0.610. The summed E-state index contributed by atoms with van der Waals surface area (Å²) in [5.41, 5.74) is 0. The summed E-state index contributed by atoms with van der Waals surface area (Å²) < 4.78 is 0. The van der Waals surface area contributed by atoms with E-state index in [2.05, 4.69) is 16.8 Å². The van der Waals surface area contributed by atoms with Crippen LogP contribution in [-0.2, 0) is 4.79 Å². The molecule has 4 heteroatoms. The van der Waals surface area contributed by atoms with Gasteiger partial charge in [-0.2, -0.15) is 0 Å². The SMILES string of the molecule is CN1CCCCC1C(C(=O)O)N1CCC1. The topological polar surface area (TPSA) is 43.8 Å². The van der Waals surface area contributed by atoms with Crippen molar-refractivity contribution in [1.29, 1.82) is 0 Å². The quantitative estimate of drug-likeness (QED) is 0.745. The van der Waals surface area contributed by atoms with Gasteiger partial charge in [0.15, 0.2) is 0 Å². The third kappa shape index (κ3) is 2.16. The molecule has 0 aromatic rings. The van der Waals surface area contributed by atoms with E-state index in [0.717, 1.165) is 32.5 Å². The molecule has 4 nitrogen and oxygen atoms in total. The maximum atomic E-state index is 11.3. The lowest BCUT2D eigenvalue weighted by atomic mass is 9.93. The van der Waals surface area contributed by atoms with E-state index in [4.69, 9.17) is 0 Å². The first-order valence-corrected chi connectivity index (χ1v) is 5.87. The molecule has 2 fully saturated rings. The minimum absolute atomic E-state index is 0.219. The van der Waals surface area contributed by atoms with Gasteiger partial charge in [-0.05, 0) is 32.9 Å². The molecule has 0 amide bonds. The Bertz CT molecular complexity index is 241. The van der Waals surface area contributed by atoms with Gasteiger partial charge >= 0.3 is 5.97 Å². The molecule has 86 valence electrons. The molecule has 0 aromatic carbocycles. The van der Waals surface area contributed by atoms with Crippen molar-refractivity contribution >= 4 is 5.97 Å². The van der Waals surface area contributed by atoms with Crippen molar-refractivity contribution in [3.63, 3.8) is 0 Å². The number of carboxylic acid groups (broad SMARTS) is 1. The molecular formula is C11H20N2O2. The van der Waals surface area contributed by atoms with Gasteiger partial charge in [0.1, 0.15) is 6.04 Å². The van der Waals surface area contributed by atoms with E-state index >= 15 is 0 Å². The van der Waals surface area contributed by atoms with Crippen molar-refractivity contribution in [3.05, 3.63) is 0 Å². The highest BCUT2D eigenvalue weighted by molar-refractivity contribution is 5.74. The molecule has 0 bridgehead atoms. The molecular weight excluding hydrogens is 192 g/mol. The lowest BCUT2D eigenvalue weighted by Gasteiger charge is -2.44. The van der Waals surface area contributed by atoms with Crippen LogP contribution in [0.15, 0.2) is 0 Å². The van der Waals surface area contributed by atoms with Crippen molar-refractivity contribution in [2.75, 3.05) is 26.7 Å². The highest BCUT2D eigenvalue weighted by Crippen LogP contribution is 2.24. The fourth-order valence-corrected chi connectivity index (χ4v) is 2.68. The monoisotopic (exact) mass is 212 g/mol.